The minimum atomic E-state index is -0.156. The van der Waals surface area contributed by atoms with Gasteiger partial charge >= 0.3 is 0 Å². The van der Waals surface area contributed by atoms with Crippen molar-refractivity contribution in [3.05, 3.63) is 56.1 Å². The summed E-state index contributed by atoms with van der Waals surface area (Å²) in [6, 6.07) is 3.64. The molecule has 0 aliphatic heterocycles. The van der Waals surface area contributed by atoms with Crippen molar-refractivity contribution in [1.82, 2.24) is 9.38 Å². The number of aromatic nitrogens is 2. The quantitative estimate of drug-likeness (QED) is 0.688. The van der Waals surface area contributed by atoms with Crippen LogP contribution < -0.4 is 5.56 Å². The molecule has 3 aromatic heterocycles. The fraction of sp³-hybridized carbons (Fsp3) is 0.200. The van der Waals surface area contributed by atoms with E-state index in [0.29, 0.717) is 16.8 Å². The van der Waals surface area contributed by atoms with Crippen molar-refractivity contribution < 1.29 is 0 Å². The fourth-order valence-electron chi connectivity index (χ4n) is 2.28. The molecule has 0 saturated heterocycles. The third-order valence-electron chi connectivity index (χ3n) is 3.42. The van der Waals surface area contributed by atoms with Crippen LogP contribution in [-0.2, 0) is 0 Å². The molecule has 0 fully saturated rings. The molecular formula is C15H13N3O2S. The molecule has 0 aromatic carbocycles. The molecule has 3 heterocycles. The summed E-state index contributed by atoms with van der Waals surface area (Å²) < 4.78 is 1.39. The maximum atomic E-state index is 12.4. The van der Waals surface area contributed by atoms with E-state index in [9.17, 15) is 9.70 Å². The van der Waals surface area contributed by atoms with Crippen molar-refractivity contribution in [1.29, 1.82) is 0 Å². The Bertz CT molecular complexity index is 867. The molecule has 6 heteroatoms. The zero-order valence-corrected chi connectivity index (χ0v) is 12.4. The molecule has 0 aliphatic rings. The van der Waals surface area contributed by atoms with Gasteiger partial charge in [0, 0.05) is 23.5 Å². The molecule has 0 aliphatic carbocycles. The fourth-order valence-corrected chi connectivity index (χ4v) is 2.94. The minimum Gasteiger partial charge on any atom is -0.269 e. The zero-order chi connectivity index (χ0) is 15.0. The van der Waals surface area contributed by atoms with Gasteiger partial charge in [-0.3, -0.25) is 9.20 Å². The molecular weight excluding hydrogens is 286 g/mol. The summed E-state index contributed by atoms with van der Waals surface area (Å²) in [7, 11) is 0. The lowest BCUT2D eigenvalue weighted by Crippen LogP contribution is -2.20. The molecule has 3 rings (SSSR count). The second-order valence-electron chi connectivity index (χ2n) is 5.05. The Labute approximate surface area is 124 Å². The molecule has 21 heavy (non-hydrogen) atoms. The van der Waals surface area contributed by atoms with Gasteiger partial charge in [-0.25, -0.2) is 4.98 Å². The second kappa shape index (κ2) is 5.21. The highest BCUT2D eigenvalue weighted by molar-refractivity contribution is 7.08. The number of hydrogen-bond donors (Lipinski definition) is 0. The Kier molecular flexibility index (Phi) is 3.39. The average Bonchev–Trinajstić information content (AvgIpc) is 3.00. The molecule has 0 radical (unpaired) electrons. The molecule has 0 spiro atoms. The van der Waals surface area contributed by atoms with Gasteiger partial charge in [0.15, 0.2) is 11.3 Å². The zero-order valence-electron chi connectivity index (χ0n) is 11.6. The Morgan fingerprint density at radius 2 is 2.14 bits per heavy atom. The van der Waals surface area contributed by atoms with Gasteiger partial charge in [0.2, 0.25) is 0 Å². The highest BCUT2D eigenvalue weighted by Crippen LogP contribution is 2.33. The number of hydrogen-bond acceptors (Lipinski definition) is 5. The molecule has 5 nitrogen and oxygen atoms in total. The second-order valence-corrected chi connectivity index (χ2v) is 5.83. The van der Waals surface area contributed by atoms with Crippen LogP contribution in [0.2, 0.25) is 0 Å². The smallest absolute Gasteiger partial charge is 0.261 e. The molecule has 0 bridgehead atoms. The standard InChI is InChI=1S/C15H13N3O2S/c1-9(2)12-7-16-14-13(17-20)11(10-4-6-21-8-10)3-5-18(14)15(12)19/h3-9H,1-2H3. The van der Waals surface area contributed by atoms with Crippen molar-refractivity contribution in [2.75, 3.05) is 0 Å². The summed E-state index contributed by atoms with van der Waals surface area (Å²) in [5.74, 6) is 0.0751. The topological polar surface area (TPSA) is 63.8 Å². The van der Waals surface area contributed by atoms with Gasteiger partial charge in [-0.15, -0.1) is 4.91 Å². The van der Waals surface area contributed by atoms with E-state index in [-0.39, 0.29) is 17.2 Å². The maximum Gasteiger partial charge on any atom is 0.261 e. The number of nitroso groups, excluding NO2 is 1. The van der Waals surface area contributed by atoms with Crippen LogP contribution in [0.1, 0.15) is 25.3 Å². The van der Waals surface area contributed by atoms with Crippen LogP contribution in [0.4, 0.5) is 5.69 Å². The van der Waals surface area contributed by atoms with Crippen LogP contribution in [0.5, 0.6) is 0 Å². The van der Waals surface area contributed by atoms with E-state index in [2.05, 4.69) is 10.2 Å². The third-order valence-corrected chi connectivity index (χ3v) is 4.11. The first kappa shape index (κ1) is 13.6. The van der Waals surface area contributed by atoms with Gasteiger partial charge in [0.05, 0.1) is 0 Å². The van der Waals surface area contributed by atoms with Gasteiger partial charge < -0.3 is 0 Å². The third kappa shape index (κ3) is 2.17. The molecule has 3 aromatic rings. The molecule has 0 amide bonds. The van der Waals surface area contributed by atoms with Crippen LogP contribution in [0.15, 0.2) is 45.3 Å². The average molecular weight is 299 g/mol. The molecule has 106 valence electrons. The van der Waals surface area contributed by atoms with Crippen LogP contribution >= 0.6 is 11.3 Å². The van der Waals surface area contributed by atoms with Gasteiger partial charge in [-0.1, -0.05) is 13.8 Å². The van der Waals surface area contributed by atoms with Gasteiger partial charge in [0.1, 0.15) is 0 Å². The van der Waals surface area contributed by atoms with E-state index >= 15 is 0 Å². The molecule has 0 unspecified atom stereocenters. The predicted molar refractivity (Wildman–Crippen MR) is 84.3 cm³/mol. The summed E-state index contributed by atoms with van der Waals surface area (Å²) in [6.45, 7) is 3.87. The first-order chi connectivity index (χ1) is 10.1. The van der Waals surface area contributed by atoms with Gasteiger partial charge in [-0.2, -0.15) is 11.3 Å². The monoisotopic (exact) mass is 299 g/mol. The Morgan fingerprint density at radius 3 is 2.76 bits per heavy atom. The van der Waals surface area contributed by atoms with Crippen molar-refractivity contribution >= 4 is 22.7 Å². The van der Waals surface area contributed by atoms with Crippen molar-refractivity contribution in [2.24, 2.45) is 5.18 Å². The Balaban J connectivity index is 2.36. The van der Waals surface area contributed by atoms with E-state index < -0.39 is 0 Å². The largest absolute Gasteiger partial charge is 0.269 e. The lowest BCUT2D eigenvalue weighted by Gasteiger charge is -2.09. The van der Waals surface area contributed by atoms with Crippen LogP contribution in [0, 0.1) is 4.91 Å². The number of thiophene rings is 1. The van der Waals surface area contributed by atoms with E-state index in [4.69, 9.17) is 0 Å². The molecule has 0 N–H and O–H groups in total. The summed E-state index contributed by atoms with van der Waals surface area (Å²) in [5, 5.41) is 6.96. The lowest BCUT2D eigenvalue weighted by molar-refractivity contribution is 0.822. The van der Waals surface area contributed by atoms with Crippen molar-refractivity contribution in [2.45, 2.75) is 19.8 Å². The van der Waals surface area contributed by atoms with E-state index in [1.807, 2.05) is 30.7 Å². The van der Waals surface area contributed by atoms with Crippen molar-refractivity contribution in [3.8, 4) is 11.1 Å². The van der Waals surface area contributed by atoms with E-state index in [0.717, 1.165) is 5.56 Å². The predicted octanol–water partition coefficient (Wildman–Crippen LogP) is 3.94. The van der Waals surface area contributed by atoms with Crippen molar-refractivity contribution in [3.63, 3.8) is 0 Å². The lowest BCUT2D eigenvalue weighted by atomic mass is 10.1. The molecule has 0 saturated carbocycles. The Hall–Kier alpha value is -2.34. The number of rotatable bonds is 3. The van der Waals surface area contributed by atoms with E-state index in [1.165, 1.54) is 21.9 Å². The normalized spacial score (nSPS) is 11.2. The highest BCUT2D eigenvalue weighted by Gasteiger charge is 2.15. The first-order valence-corrected chi connectivity index (χ1v) is 7.48. The van der Waals surface area contributed by atoms with Gasteiger partial charge in [0.25, 0.3) is 5.56 Å². The summed E-state index contributed by atoms with van der Waals surface area (Å²) in [4.78, 5) is 28.0. The first-order valence-electron chi connectivity index (χ1n) is 6.53. The Morgan fingerprint density at radius 1 is 1.33 bits per heavy atom. The van der Waals surface area contributed by atoms with Gasteiger partial charge in [-0.05, 0) is 39.6 Å². The highest BCUT2D eigenvalue weighted by atomic mass is 32.1. The number of pyridine rings is 1. The van der Waals surface area contributed by atoms with E-state index in [1.54, 1.807) is 12.3 Å². The number of nitrogens with zero attached hydrogens (tertiary/aromatic N) is 3. The summed E-state index contributed by atoms with van der Waals surface area (Å²) >= 11 is 1.54. The van der Waals surface area contributed by atoms with Crippen LogP contribution in [0.3, 0.4) is 0 Å². The number of fused-ring (bicyclic) bond motifs is 1. The summed E-state index contributed by atoms with van der Waals surface area (Å²) in [5.41, 5.74) is 2.55. The van der Waals surface area contributed by atoms with Crippen LogP contribution in [0.25, 0.3) is 16.8 Å². The molecule has 0 atom stereocenters. The van der Waals surface area contributed by atoms with Crippen LogP contribution in [-0.4, -0.2) is 9.38 Å². The minimum absolute atomic E-state index is 0.0751. The summed E-state index contributed by atoms with van der Waals surface area (Å²) in [6.07, 6.45) is 3.19. The SMILES string of the molecule is CC(C)c1cnc2c(N=O)c(-c3ccsc3)ccn2c1=O. The maximum absolute atomic E-state index is 12.4.